The van der Waals surface area contributed by atoms with E-state index < -0.39 is 18.0 Å². The second-order valence-corrected chi connectivity index (χ2v) is 4.74. The summed E-state index contributed by atoms with van der Waals surface area (Å²) in [7, 11) is 0. The SMILES string of the molecule is CC(C)OC(=O)C(OC(=O)C(C)C)c1ccncc1. The monoisotopic (exact) mass is 265 g/mol. The van der Waals surface area contributed by atoms with Gasteiger partial charge in [0, 0.05) is 18.0 Å². The maximum Gasteiger partial charge on any atom is 0.352 e. The number of nitrogens with zero attached hydrogens (tertiary/aromatic N) is 1. The molecule has 0 amide bonds. The molecular weight excluding hydrogens is 246 g/mol. The van der Waals surface area contributed by atoms with Gasteiger partial charge in [0.1, 0.15) is 0 Å². The Morgan fingerprint density at radius 2 is 1.58 bits per heavy atom. The van der Waals surface area contributed by atoms with Crippen LogP contribution in [-0.4, -0.2) is 23.0 Å². The topological polar surface area (TPSA) is 65.5 Å². The van der Waals surface area contributed by atoms with Gasteiger partial charge in [-0.1, -0.05) is 13.8 Å². The van der Waals surface area contributed by atoms with Crippen molar-refractivity contribution in [2.75, 3.05) is 0 Å². The smallest absolute Gasteiger partial charge is 0.352 e. The molecule has 1 unspecified atom stereocenters. The predicted octanol–water partition coefficient (Wildman–Crippen LogP) is 2.27. The molecule has 0 spiro atoms. The van der Waals surface area contributed by atoms with Gasteiger partial charge in [0.25, 0.3) is 0 Å². The molecule has 0 aromatic carbocycles. The molecule has 5 nitrogen and oxygen atoms in total. The average Bonchev–Trinajstić information content (AvgIpc) is 2.35. The summed E-state index contributed by atoms with van der Waals surface area (Å²) in [6.07, 6.45) is 1.76. The van der Waals surface area contributed by atoms with Crippen LogP contribution in [0.5, 0.6) is 0 Å². The van der Waals surface area contributed by atoms with Gasteiger partial charge in [-0.25, -0.2) is 4.79 Å². The van der Waals surface area contributed by atoms with Crippen molar-refractivity contribution >= 4 is 11.9 Å². The van der Waals surface area contributed by atoms with Gasteiger partial charge in [-0.2, -0.15) is 0 Å². The minimum absolute atomic E-state index is 0.269. The molecule has 104 valence electrons. The molecule has 0 saturated carbocycles. The van der Waals surface area contributed by atoms with Gasteiger partial charge >= 0.3 is 11.9 Å². The fourth-order valence-corrected chi connectivity index (χ4v) is 1.34. The number of esters is 2. The molecule has 19 heavy (non-hydrogen) atoms. The number of hydrogen-bond acceptors (Lipinski definition) is 5. The minimum atomic E-state index is -1.04. The molecule has 0 radical (unpaired) electrons. The Morgan fingerprint density at radius 1 is 1.00 bits per heavy atom. The normalized spacial score (nSPS) is 12.3. The Balaban J connectivity index is 2.91. The van der Waals surface area contributed by atoms with Gasteiger partial charge in [-0.15, -0.1) is 0 Å². The lowest BCUT2D eigenvalue weighted by molar-refractivity contribution is -0.173. The lowest BCUT2D eigenvalue weighted by Crippen LogP contribution is -2.26. The summed E-state index contributed by atoms with van der Waals surface area (Å²) in [5.41, 5.74) is 0.551. The van der Waals surface area contributed by atoms with Gasteiger partial charge in [-0.3, -0.25) is 9.78 Å². The van der Waals surface area contributed by atoms with E-state index in [2.05, 4.69) is 4.98 Å². The van der Waals surface area contributed by atoms with Crippen LogP contribution in [-0.2, 0) is 19.1 Å². The van der Waals surface area contributed by atoms with Crippen LogP contribution >= 0.6 is 0 Å². The van der Waals surface area contributed by atoms with Crippen LogP contribution in [0, 0.1) is 5.92 Å². The van der Waals surface area contributed by atoms with E-state index in [4.69, 9.17) is 9.47 Å². The van der Waals surface area contributed by atoms with E-state index in [0.717, 1.165) is 0 Å². The molecular formula is C14H19NO4. The highest BCUT2D eigenvalue weighted by Crippen LogP contribution is 2.20. The van der Waals surface area contributed by atoms with E-state index in [1.807, 2.05) is 0 Å². The Hall–Kier alpha value is -1.91. The molecule has 1 aromatic heterocycles. The van der Waals surface area contributed by atoms with E-state index in [0.29, 0.717) is 5.56 Å². The van der Waals surface area contributed by atoms with E-state index in [1.165, 1.54) is 12.4 Å². The van der Waals surface area contributed by atoms with E-state index >= 15 is 0 Å². The average molecular weight is 265 g/mol. The number of pyridine rings is 1. The van der Waals surface area contributed by atoms with Crippen LogP contribution in [0.15, 0.2) is 24.5 Å². The van der Waals surface area contributed by atoms with Crippen molar-refractivity contribution in [3.63, 3.8) is 0 Å². The van der Waals surface area contributed by atoms with Crippen LogP contribution in [0.4, 0.5) is 0 Å². The molecule has 1 rings (SSSR count). The van der Waals surface area contributed by atoms with Crippen molar-refractivity contribution in [1.82, 2.24) is 4.98 Å². The Kier molecular flexibility index (Phi) is 5.48. The highest BCUT2D eigenvalue weighted by molar-refractivity contribution is 5.81. The summed E-state index contributed by atoms with van der Waals surface area (Å²) in [5, 5.41) is 0. The van der Waals surface area contributed by atoms with Gasteiger partial charge in [0.05, 0.1) is 12.0 Å². The number of aromatic nitrogens is 1. The summed E-state index contributed by atoms with van der Waals surface area (Å²) < 4.78 is 10.3. The molecule has 0 bridgehead atoms. The second kappa shape index (κ2) is 6.87. The van der Waals surface area contributed by atoms with Crippen LogP contribution in [0.1, 0.15) is 39.4 Å². The quantitative estimate of drug-likeness (QED) is 0.764. The Morgan fingerprint density at radius 3 is 2.05 bits per heavy atom. The first-order chi connectivity index (χ1) is 8.91. The number of hydrogen-bond donors (Lipinski definition) is 0. The minimum Gasteiger partial charge on any atom is -0.460 e. The first-order valence-electron chi connectivity index (χ1n) is 6.22. The molecule has 1 heterocycles. The summed E-state index contributed by atoms with van der Waals surface area (Å²) in [5.74, 6) is -1.33. The third-order valence-corrected chi connectivity index (χ3v) is 2.28. The van der Waals surface area contributed by atoms with E-state index in [1.54, 1.807) is 39.8 Å². The van der Waals surface area contributed by atoms with Crippen molar-refractivity contribution < 1.29 is 19.1 Å². The summed E-state index contributed by atoms with van der Waals surface area (Å²) in [6.45, 7) is 6.90. The maximum atomic E-state index is 12.0. The Bertz CT molecular complexity index is 428. The third kappa shape index (κ3) is 4.69. The van der Waals surface area contributed by atoms with Crippen LogP contribution < -0.4 is 0 Å². The predicted molar refractivity (Wildman–Crippen MR) is 69.1 cm³/mol. The van der Waals surface area contributed by atoms with Crippen molar-refractivity contribution in [3.8, 4) is 0 Å². The van der Waals surface area contributed by atoms with Gasteiger partial charge in [-0.05, 0) is 26.0 Å². The first-order valence-corrected chi connectivity index (χ1v) is 6.22. The molecule has 0 aliphatic carbocycles. The van der Waals surface area contributed by atoms with Gasteiger partial charge in [0.2, 0.25) is 6.10 Å². The first kappa shape index (κ1) is 15.1. The maximum absolute atomic E-state index is 12.0. The highest BCUT2D eigenvalue weighted by atomic mass is 16.6. The van der Waals surface area contributed by atoms with Crippen LogP contribution in [0.3, 0.4) is 0 Å². The molecule has 1 atom stereocenters. The van der Waals surface area contributed by atoms with Gasteiger partial charge < -0.3 is 9.47 Å². The third-order valence-electron chi connectivity index (χ3n) is 2.28. The van der Waals surface area contributed by atoms with Crippen molar-refractivity contribution in [2.45, 2.75) is 39.9 Å². The molecule has 0 fully saturated rings. The summed E-state index contributed by atoms with van der Waals surface area (Å²) >= 11 is 0. The van der Waals surface area contributed by atoms with Crippen molar-refractivity contribution in [1.29, 1.82) is 0 Å². The molecule has 0 N–H and O–H groups in total. The molecule has 5 heteroatoms. The van der Waals surface area contributed by atoms with Crippen LogP contribution in [0.2, 0.25) is 0 Å². The second-order valence-electron chi connectivity index (χ2n) is 4.74. The zero-order valence-corrected chi connectivity index (χ0v) is 11.6. The van der Waals surface area contributed by atoms with E-state index in [-0.39, 0.29) is 12.0 Å². The summed E-state index contributed by atoms with van der Waals surface area (Å²) in [6, 6.07) is 3.25. The largest absolute Gasteiger partial charge is 0.460 e. The van der Waals surface area contributed by atoms with Gasteiger partial charge in [0.15, 0.2) is 0 Å². The number of carbonyl (C=O) groups excluding carboxylic acids is 2. The summed E-state index contributed by atoms with van der Waals surface area (Å²) in [4.78, 5) is 27.5. The fraction of sp³-hybridized carbons (Fsp3) is 0.500. The van der Waals surface area contributed by atoms with Crippen molar-refractivity contribution in [2.24, 2.45) is 5.92 Å². The molecule has 0 saturated heterocycles. The van der Waals surface area contributed by atoms with Crippen molar-refractivity contribution in [3.05, 3.63) is 30.1 Å². The lowest BCUT2D eigenvalue weighted by atomic mass is 10.1. The highest BCUT2D eigenvalue weighted by Gasteiger charge is 2.28. The Labute approximate surface area is 112 Å². The molecule has 1 aromatic rings. The number of ether oxygens (including phenoxy) is 2. The lowest BCUT2D eigenvalue weighted by Gasteiger charge is -2.19. The molecule has 0 aliphatic heterocycles. The zero-order valence-electron chi connectivity index (χ0n) is 11.6. The van der Waals surface area contributed by atoms with Crippen LogP contribution in [0.25, 0.3) is 0 Å². The zero-order chi connectivity index (χ0) is 14.4. The number of carbonyl (C=O) groups is 2. The van der Waals surface area contributed by atoms with E-state index in [9.17, 15) is 9.59 Å². The number of rotatable bonds is 5. The molecule has 0 aliphatic rings. The standard InChI is InChI=1S/C14H19NO4/c1-9(2)13(16)19-12(14(17)18-10(3)4)11-5-7-15-8-6-11/h5-10,12H,1-4H3. The fourth-order valence-electron chi connectivity index (χ4n) is 1.34.